The summed E-state index contributed by atoms with van der Waals surface area (Å²) in [5.41, 5.74) is 0.0369. The van der Waals surface area contributed by atoms with Crippen molar-refractivity contribution in [1.29, 1.82) is 0 Å². The van der Waals surface area contributed by atoms with Gasteiger partial charge >= 0.3 is 0 Å². The number of hydrogen-bond acceptors (Lipinski definition) is 5. The summed E-state index contributed by atoms with van der Waals surface area (Å²) in [5, 5.41) is 12.0. The van der Waals surface area contributed by atoms with E-state index in [9.17, 15) is 23.9 Å². The van der Waals surface area contributed by atoms with Gasteiger partial charge in [-0.3, -0.25) is 14.4 Å². The van der Waals surface area contributed by atoms with Crippen LogP contribution in [0.25, 0.3) is 0 Å². The topological polar surface area (TPSA) is 101 Å². The van der Waals surface area contributed by atoms with Gasteiger partial charge in [-0.1, -0.05) is 12.1 Å². The molecule has 0 fully saturated rings. The number of nitrogens with zero attached hydrogens (tertiary/aromatic N) is 2. The number of phenols is 1. The molecule has 9 heteroatoms. The van der Waals surface area contributed by atoms with Gasteiger partial charge in [0.2, 0.25) is 5.43 Å². The zero-order valence-corrected chi connectivity index (χ0v) is 16.7. The second kappa shape index (κ2) is 7.47. The number of methoxy groups -OCH3 is 1. The summed E-state index contributed by atoms with van der Waals surface area (Å²) in [7, 11) is 1.30. The quantitative estimate of drug-likeness (QED) is 0.773. The molecule has 0 radical (unpaired) electrons. The van der Waals surface area contributed by atoms with Gasteiger partial charge in [0, 0.05) is 30.9 Å². The molecule has 30 heavy (non-hydrogen) atoms. The van der Waals surface area contributed by atoms with Crippen molar-refractivity contribution < 1.29 is 23.8 Å². The zero-order chi connectivity index (χ0) is 21.6. The fourth-order valence-corrected chi connectivity index (χ4v) is 4.32. The van der Waals surface area contributed by atoms with Gasteiger partial charge in [0.25, 0.3) is 11.8 Å². The largest absolute Gasteiger partial charge is 0.505 e. The molecule has 8 nitrogen and oxygen atoms in total. The van der Waals surface area contributed by atoms with E-state index in [1.807, 2.05) is 6.92 Å². The van der Waals surface area contributed by atoms with E-state index in [0.29, 0.717) is 31.6 Å². The number of likely N-dealkylation sites (N-methyl/N-ethyl adjacent to an activating group) is 1. The van der Waals surface area contributed by atoms with Crippen molar-refractivity contribution in [2.24, 2.45) is 0 Å². The standard InChI is InChI=1S/C21H22FN3O5/c1-3-24-10-12-7-8-13-15(18(27)19(30-2)17(21(24)29)25(12)13)20(28)23-9-11-5-4-6-14(26)16(11)22/h4-6,12,26H,3,7-10H2,1-2H3,(H,23,28). The van der Waals surface area contributed by atoms with Crippen molar-refractivity contribution in [1.82, 2.24) is 14.8 Å². The van der Waals surface area contributed by atoms with E-state index >= 15 is 0 Å². The number of aromatic nitrogens is 1. The first-order chi connectivity index (χ1) is 14.4. The monoisotopic (exact) mass is 415 g/mol. The number of halogens is 1. The van der Waals surface area contributed by atoms with Crippen LogP contribution in [0.5, 0.6) is 11.5 Å². The van der Waals surface area contributed by atoms with Crippen LogP contribution in [-0.4, -0.2) is 46.6 Å². The average molecular weight is 415 g/mol. The van der Waals surface area contributed by atoms with Crippen LogP contribution >= 0.6 is 0 Å². The number of rotatable bonds is 5. The third kappa shape index (κ3) is 2.92. The van der Waals surface area contributed by atoms with Gasteiger partial charge < -0.3 is 24.6 Å². The third-order valence-corrected chi connectivity index (χ3v) is 5.78. The maximum atomic E-state index is 14.0. The number of carbonyl (C=O) groups excluding carboxylic acids is 2. The van der Waals surface area contributed by atoms with Crippen LogP contribution in [0.1, 0.15) is 51.5 Å². The van der Waals surface area contributed by atoms with Crippen molar-refractivity contribution in [3.8, 4) is 11.5 Å². The number of aromatic hydroxyl groups is 1. The highest BCUT2D eigenvalue weighted by atomic mass is 19.1. The highest BCUT2D eigenvalue weighted by molar-refractivity contribution is 6.00. The zero-order valence-electron chi connectivity index (χ0n) is 16.7. The Morgan fingerprint density at radius 1 is 1.37 bits per heavy atom. The first-order valence-corrected chi connectivity index (χ1v) is 9.78. The lowest BCUT2D eigenvalue weighted by Gasteiger charge is -2.34. The van der Waals surface area contributed by atoms with Gasteiger partial charge in [-0.2, -0.15) is 0 Å². The molecule has 0 bridgehead atoms. The molecule has 0 saturated heterocycles. The Bertz CT molecular complexity index is 1110. The van der Waals surface area contributed by atoms with Gasteiger partial charge in [-0.15, -0.1) is 0 Å². The molecule has 1 atom stereocenters. The fraction of sp³-hybridized carbons (Fsp3) is 0.381. The first kappa shape index (κ1) is 19.9. The van der Waals surface area contributed by atoms with E-state index in [4.69, 9.17) is 4.74 Å². The van der Waals surface area contributed by atoms with E-state index in [1.54, 1.807) is 9.47 Å². The Morgan fingerprint density at radius 3 is 2.83 bits per heavy atom. The summed E-state index contributed by atoms with van der Waals surface area (Å²) in [4.78, 5) is 40.6. The average Bonchev–Trinajstić information content (AvgIpc) is 3.14. The van der Waals surface area contributed by atoms with Gasteiger partial charge in [0.15, 0.2) is 23.0 Å². The van der Waals surface area contributed by atoms with E-state index in [2.05, 4.69) is 5.32 Å². The number of amides is 2. The van der Waals surface area contributed by atoms with E-state index in [-0.39, 0.29) is 41.1 Å². The summed E-state index contributed by atoms with van der Waals surface area (Å²) in [6, 6.07) is 4.07. The Balaban J connectivity index is 1.75. The minimum atomic E-state index is -0.826. The van der Waals surface area contributed by atoms with Crippen molar-refractivity contribution in [2.45, 2.75) is 32.4 Å². The van der Waals surface area contributed by atoms with E-state index < -0.39 is 22.9 Å². The maximum absolute atomic E-state index is 14.0. The lowest BCUT2D eigenvalue weighted by Crippen LogP contribution is -2.44. The molecule has 2 aliphatic rings. The van der Waals surface area contributed by atoms with Crippen LogP contribution < -0.4 is 15.5 Å². The fourth-order valence-electron chi connectivity index (χ4n) is 4.32. The molecule has 158 valence electrons. The normalized spacial score (nSPS) is 17.1. The summed E-state index contributed by atoms with van der Waals surface area (Å²) < 4.78 is 21.0. The summed E-state index contributed by atoms with van der Waals surface area (Å²) in [6.45, 7) is 2.70. The number of carbonyl (C=O) groups is 2. The second-order valence-corrected chi connectivity index (χ2v) is 7.37. The Kier molecular flexibility index (Phi) is 4.97. The van der Waals surface area contributed by atoms with Crippen LogP contribution in [0.15, 0.2) is 23.0 Å². The summed E-state index contributed by atoms with van der Waals surface area (Å²) in [6.07, 6.45) is 1.18. The van der Waals surface area contributed by atoms with Crippen molar-refractivity contribution >= 4 is 11.8 Å². The molecule has 4 rings (SSSR count). The predicted molar refractivity (Wildman–Crippen MR) is 105 cm³/mol. The van der Waals surface area contributed by atoms with E-state index in [0.717, 1.165) is 0 Å². The predicted octanol–water partition coefficient (Wildman–Crippen LogP) is 1.59. The summed E-state index contributed by atoms with van der Waals surface area (Å²) in [5.74, 6) is -2.45. The van der Waals surface area contributed by atoms with Crippen LogP contribution in [-0.2, 0) is 13.0 Å². The number of pyridine rings is 1. The smallest absolute Gasteiger partial charge is 0.274 e. The molecule has 1 aromatic heterocycles. The second-order valence-electron chi connectivity index (χ2n) is 7.37. The molecule has 0 spiro atoms. The number of phenolic OH excluding ortho intramolecular Hbond substituents is 1. The molecule has 3 heterocycles. The molecule has 2 aromatic rings. The minimum absolute atomic E-state index is 0.0304. The molecule has 2 N–H and O–H groups in total. The molecule has 0 saturated carbocycles. The molecule has 1 aromatic carbocycles. The lowest BCUT2D eigenvalue weighted by molar-refractivity contribution is 0.0675. The Morgan fingerprint density at radius 2 is 2.13 bits per heavy atom. The molecular weight excluding hydrogens is 393 g/mol. The molecule has 0 aliphatic carbocycles. The maximum Gasteiger partial charge on any atom is 0.274 e. The molecule has 2 amide bonds. The van der Waals surface area contributed by atoms with Crippen LogP contribution in [0.3, 0.4) is 0 Å². The Labute approximate surface area is 171 Å². The van der Waals surface area contributed by atoms with Crippen LogP contribution in [0.2, 0.25) is 0 Å². The number of hydrogen-bond donors (Lipinski definition) is 2. The van der Waals surface area contributed by atoms with E-state index in [1.165, 1.54) is 25.3 Å². The van der Waals surface area contributed by atoms with Gasteiger partial charge in [-0.25, -0.2) is 4.39 Å². The molecule has 1 unspecified atom stereocenters. The molecule has 2 aliphatic heterocycles. The number of benzene rings is 1. The van der Waals surface area contributed by atoms with Gasteiger partial charge in [0.05, 0.1) is 13.2 Å². The van der Waals surface area contributed by atoms with Crippen molar-refractivity contribution in [3.63, 3.8) is 0 Å². The van der Waals surface area contributed by atoms with Gasteiger partial charge in [-0.05, 0) is 25.8 Å². The van der Waals surface area contributed by atoms with Crippen LogP contribution in [0.4, 0.5) is 4.39 Å². The van der Waals surface area contributed by atoms with Gasteiger partial charge in [0.1, 0.15) is 5.56 Å². The number of ether oxygens (including phenoxy) is 1. The van der Waals surface area contributed by atoms with Crippen LogP contribution in [0, 0.1) is 5.82 Å². The lowest BCUT2D eigenvalue weighted by atomic mass is 10.1. The summed E-state index contributed by atoms with van der Waals surface area (Å²) >= 11 is 0. The van der Waals surface area contributed by atoms with Crippen molar-refractivity contribution in [3.05, 3.63) is 56.8 Å². The first-order valence-electron chi connectivity index (χ1n) is 9.78. The third-order valence-electron chi connectivity index (χ3n) is 5.78. The highest BCUT2D eigenvalue weighted by Gasteiger charge is 2.41. The Hall–Kier alpha value is -3.36. The number of nitrogens with one attached hydrogen (secondary N) is 1. The van der Waals surface area contributed by atoms with Crippen molar-refractivity contribution in [2.75, 3.05) is 20.2 Å². The highest BCUT2D eigenvalue weighted by Crippen LogP contribution is 2.37. The SMILES string of the molecule is CCN1CC2CCc3c(C(=O)NCc4cccc(O)c4F)c(=O)c(OC)c(n32)C1=O. The minimum Gasteiger partial charge on any atom is -0.505 e. The molecular formula is C21H22FN3O5.